The average molecular weight is 156 g/mol. The predicted octanol–water partition coefficient (Wildman–Crippen LogP) is 1.50. The topological polar surface area (TPSA) is 24.1 Å². The Balaban J connectivity index is 3.43. The van der Waals surface area contributed by atoms with Gasteiger partial charge in [0, 0.05) is 18.3 Å². The zero-order valence-corrected chi connectivity index (χ0v) is 8.07. The molecule has 0 fully saturated rings. The second-order valence-electron chi connectivity index (χ2n) is 2.82. The summed E-state index contributed by atoms with van der Waals surface area (Å²) in [6.07, 6.45) is 2.09. The maximum absolute atomic E-state index is 3.36. The third kappa shape index (κ3) is 5.92. The summed E-state index contributed by atoms with van der Waals surface area (Å²) in [7, 11) is 0. The molecule has 0 heterocycles. The lowest BCUT2D eigenvalue weighted by Gasteiger charge is -2.15. The molecule has 0 bridgehead atoms. The first-order valence-corrected chi connectivity index (χ1v) is 4.30. The van der Waals surface area contributed by atoms with Crippen LogP contribution in [-0.2, 0) is 0 Å². The molecule has 0 rings (SSSR count). The molecule has 0 radical (unpaired) electrons. The molecule has 0 spiro atoms. The molecule has 11 heavy (non-hydrogen) atoms. The maximum atomic E-state index is 3.36. The Morgan fingerprint density at radius 2 is 2.18 bits per heavy atom. The van der Waals surface area contributed by atoms with Gasteiger partial charge >= 0.3 is 0 Å². The molecule has 0 aromatic heterocycles. The maximum Gasteiger partial charge on any atom is 0.0354 e. The monoisotopic (exact) mass is 156 g/mol. The molecule has 0 amide bonds. The summed E-state index contributed by atoms with van der Waals surface area (Å²) < 4.78 is 0. The highest BCUT2D eigenvalue weighted by Crippen LogP contribution is 1.88. The van der Waals surface area contributed by atoms with Crippen molar-refractivity contribution in [1.29, 1.82) is 0 Å². The number of allylic oxidation sites excluding steroid dienone is 2. The number of rotatable bonds is 5. The second kappa shape index (κ2) is 6.23. The Kier molecular flexibility index (Phi) is 5.94. The van der Waals surface area contributed by atoms with E-state index in [0.717, 1.165) is 13.1 Å². The van der Waals surface area contributed by atoms with E-state index in [1.807, 2.05) is 6.92 Å². The van der Waals surface area contributed by atoms with E-state index in [1.165, 1.54) is 5.70 Å². The largest absolute Gasteiger partial charge is 0.385 e. The van der Waals surface area contributed by atoms with Crippen molar-refractivity contribution in [2.45, 2.75) is 33.7 Å². The first kappa shape index (κ1) is 10.5. The Hall–Kier alpha value is -0.500. The summed E-state index contributed by atoms with van der Waals surface area (Å²) in [5.74, 6) is 0. The fourth-order valence-electron chi connectivity index (χ4n) is 0.884. The fourth-order valence-corrected chi connectivity index (χ4v) is 0.884. The first-order valence-electron chi connectivity index (χ1n) is 4.30. The normalized spacial score (nSPS) is 14.7. The van der Waals surface area contributed by atoms with Crippen LogP contribution in [0.15, 0.2) is 11.8 Å². The molecule has 0 aliphatic rings. The highest BCUT2D eigenvalue weighted by molar-refractivity contribution is 4.94. The number of hydrogen-bond donors (Lipinski definition) is 2. The van der Waals surface area contributed by atoms with Crippen LogP contribution in [0.1, 0.15) is 27.7 Å². The molecule has 1 atom stereocenters. The molecule has 0 unspecified atom stereocenters. The van der Waals surface area contributed by atoms with Gasteiger partial charge in [0.1, 0.15) is 0 Å². The van der Waals surface area contributed by atoms with Crippen LogP contribution < -0.4 is 10.6 Å². The van der Waals surface area contributed by atoms with Gasteiger partial charge in [0.2, 0.25) is 0 Å². The van der Waals surface area contributed by atoms with Crippen molar-refractivity contribution >= 4 is 0 Å². The van der Waals surface area contributed by atoms with E-state index < -0.39 is 0 Å². The number of likely N-dealkylation sites (N-methyl/N-ethyl adjacent to an activating group) is 1. The van der Waals surface area contributed by atoms with Gasteiger partial charge in [-0.15, -0.1) is 0 Å². The summed E-state index contributed by atoms with van der Waals surface area (Å²) in [5, 5.41) is 6.65. The van der Waals surface area contributed by atoms with E-state index in [-0.39, 0.29) is 0 Å². The van der Waals surface area contributed by atoms with E-state index in [2.05, 4.69) is 37.5 Å². The minimum Gasteiger partial charge on any atom is -0.385 e. The molecule has 0 aliphatic carbocycles. The van der Waals surface area contributed by atoms with Gasteiger partial charge in [-0.25, -0.2) is 0 Å². The minimum absolute atomic E-state index is 0.520. The Labute approximate surface area is 70.1 Å². The van der Waals surface area contributed by atoms with Crippen LogP contribution >= 0.6 is 0 Å². The highest BCUT2D eigenvalue weighted by atomic mass is 15.0. The average Bonchev–Trinajstić information content (AvgIpc) is 2.00. The molecule has 0 aromatic carbocycles. The lowest BCUT2D eigenvalue weighted by atomic mass is 10.3. The summed E-state index contributed by atoms with van der Waals surface area (Å²) in [4.78, 5) is 0. The van der Waals surface area contributed by atoms with Gasteiger partial charge in [-0.1, -0.05) is 13.0 Å². The predicted molar refractivity (Wildman–Crippen MR) is 50.6 cm³/mol. The Morgan fingerprint density at radius 3 is 2.64 bits per heavy atom. The number of nitrogens with one attached hydrogen (secondary N) is 2. The van der Waals surface area contributed by atoms with E-state index in [9.17, 15) is 0 Å². The SMILES string of the molecule is C/C=C(/C)N[C@@H](C)CNCC. The zero-order chi connectivity index (χ0) is 8.69. The first-order chi connectivity index (χ1) is 5.20. The van der Waals surface area contributed by atoms with Crippen LogP contribution in [0.4, 0.5) is 0 Å². The van der Waals surface area contributed by atoms with Crippen molar-refractivity contribution in [3.8, 4) is 0 Å². The Bertz CT molecular complexity index is 119. The van der Waals surface area contributed by atoms with Crippen molar-refractivity contribution in [3.63, 3.8) is 0 Å². The molecular weight excluding hydrogens is 136 g/mol. The smallest absolute Gasteiger partial charge is 0.0354 e. The van der Waals surface area contributed by atoms with Gasteiger partial charge in [-0.3, -0.25) is 0 Å². The summed E-state index contributed by atoms with van der Waals surface area (Å²) in [5.41, 5.74) is 1.25. The Morgan fingerprint density at radius 1 is 1.55 bits per heavy atom. The zero-order valence-electron chi connectivity index (χ0n) is 8.07. The van der Waals surface area contributed by atoms with Gasteiger partial charge in [0.15, 0.2) is 0 Å². The van der Waals surface area contributed by atoms with Gasteiger partial charge < -0.3 is 10.6 Å². The second-order valence-corrected chi connectivity index (χ2v) is 2.82. The summed E-state index contributed by atoms with van der Waals surface area (Å²) in [6.45, 7) is 10.5. The molecule has 0 saturated heterocycles. The lowest BCUT2D eigenvalue weighted by Crippen LogP contribution is -2.35. The summed E-state index contributed by atoms with van der Waals surface area (Å²) >= 11 is 0. The van der Waals surface area contributed by atoms with E-state index in [0.29, 0.717) is 6.04 Å². The molecule has 66 valence electrons. The van der Waals surface area contributed by atoms with Crippen molar-refractivity contribution in [2.75, 3.05) is 13.1 Å². The lowest BCUT2D eigenvalue weighted by molar-refractivity contribution is 0.554. The molecule has 2 N–H and O–H groups in total. The van der Waals surface area contributed by atoms with Gasteiger partial charge in [-0.05, 0) is 27.3 Å². The molecule has 0 aromatic rings. The van der Waals surface area contributed by atoms with E-state index in [4.69, 9.17) is 0 Å². The van der Waals surface area contributed by atoms with Crippen LogP contribution in [0.3, 0.4) is 0 Å². The van der Waals surface area contributed by atoms with Crippen LogP contribution in [0.5, 0.6) is 0 Å². The summed E-state index contributed by atoms with van der Waals surface area (Å²) in [6, 6.07) is 0.520. The van der Waals surface area contributed by atoms with Gasteiger partial charge in [0.25, 0.3) is 0 Å². The van der Waals surface area contributed by atoms with Crippen LogP contribution in [0.25, 0.3) is 0 Å². The molecule has 0 aliphatic heterocycles. The molecular formula is C9H20N2. The quantitative estimate of drug-likeness (QED) is 0.630. The highest BCUT2D eigenvalue weighted by Gasteiger charge is 1.97. The van der Waals surface area contributed by atoms with Crippen molar-refractivity contribution in [2.24, 2.45) is 0 Å². The minimum atomic E-state index is 0.520. The molecule has 0 saturated carbocycles. The fraction of sp³-hybridized carbons (Fsp3) is 0.778. The molecule has 2 heteroatoms. The third-order valence-electron chi connectivity index (χ3n) is 1.61. The van der Waals surface area contributed by atoms with Crippen molar-refractivity contribution in [1.82, 2.24) is 10.6 Å². The van der Waals surface area contributed by atoms with E-state index >= 15 is 0 Å². The number of hydrogen-bond acceptors (Lipinski definition) is 2. The van der Waals surface area contributed by atoms with Crippen LogP contribution in [-0.4, -0.2) is 19.1 Å². The third-order valence-corrected chi connectivity index (χ3v) is 1.61. The van der Waals surface area contributed by atoms with E-state index in [1.54, 1.807) is 0 Å². The molecule has 2 nitrogen and oxygen atoms in total. The van der Waals surface area contributed by atoms with Crippen LogP contribution in [0, 0.1) is 0 Å². The van der Waals surface area contributed by atoms with Gasteiger partial charge in [0.05, 0.1) is 0 Å². The standard InChI is InChI=1S/C9H20N2/c1-5-8(3)11-9(4)7-10-6-2/h5,9-11H,6-7H2,1-4H3/b8-5-/t9-/m0/s1. The van der Waals surface area contributed by atoms with Gasteiger partial charge in [-0.2, -0.15) is 0 Å². The van der Waals surface area contributed by atoms with Crippen molar-refractivity contribution in [3.05, 3.63) is 11.8 Å². The van der Waals surface area contributed by atoms with Crippen molar-refractivity contribution < 1.29 is 0 Å². The van der Waals surface area contributed by atoms with Crippen LogP contribution in [0.2, 0.25) is 0 Å².